The van der Waals surface area contributed by atoms with Crippen LogP contribution in [0.3, 0.4) is 0 Å². The fourth-order valence-electron chi connectivity index (χ4n) is 3.98. The maximum Gasteiger partial charge on any atom is 0.307 e. The van der Waals surface area contributed by atoms with Gasteiger partial charge in [0.2, 0.25) is 5.91 Å². The molecule has 0 aromatic heterocycles. The van der Waals surface area contributed by atoms with Gasteiger partial charge in [0, 0.05) is 13.1 Å². The highest BCUT2D eigenvalue weighted by atomic mass is 16.4. The summed E-state index contributed by atoms with van der Waals surface area (Å²) in [5.41, 5.74) is 0. The summed E-state index contributed by atoms with van der Waals surface area (Å²) in [7, 11) is 0. The number of hydrogen-bond acceptors (Lipinski definition) is 3. The number of likely N-dealkylation sites (tertiary alicyclic amines) is 1. The minimum atomic E-state index is -0.832. The fourth-order valence-corrected chi connectivity index (χ4v) is 3.98. The zero-order valence-corrected chi connectivity index (χ0v) is 11.6. The molecule has 0 aromatic carbocycles. The Morgan fingerprint density at radius 1 is 1.15 bits per heavy atom. The van der Waals surface area contributed by atoms with Crippen molar-refractivity contribution < 1.29 is 14.7 Å². The highest BCUT2D eigenvalue weighted by molar-refractivity contribution is 5.86. The molecule has 1 heterocycles. The van der Waals surface area contributed by atoms with Crippen LogP contribution in [0.5, 0.6) is 0 Å². The van der Waals surface area contributed by atoms with Gasteiger partial charge in [0.15, 0.2) is 0 Å². The number of carbonyl (C=O) groups excluding carboxylic acids is 1. The number of nitrogens with one attached hydrogen (secondary N) is 1. The number of nitrogens with zero attached hydrogens (tertiary/aromatic N) is 1. The van der Waals surface area contributed by atoms with Crippen molar-refractivity contribution >= 4 is 11.9 Å². The lowest BCUT2D eigenvalue weighted by Crippen LogP contribution is -2.42. The van der Waals surface area contributed by atoms with Crippen LogP contribution in [0.2, 0.25) is 0 Å². The average Bonchev–Trinajstić information content (AvgIpc) is 3.13. The molecule has 0 radical (unpaired) electrons. The number of amides is 1. The van der Waals surface area contributed by atoms with E-state index in [1.165, 1.54) is 12.8 Å². The first kappa shape index (κ1) is 13.6. The summed E-state index contributed by atoms with van der Waals surface area (Å²) in [6, 6.07) is 0. The Balaban J connectivity index is 1.53. The lowest BCUT2D eigenvalue weighted by Gasteiger charge is -2.24. The van der Waals surface area contributed by atoms with E-state index in [4.69, 9.17) is 0 Å². The predicted octanol–water partition coefficient (Wildman–Crippen LogP) is 0.721. The lowest BCUT2D eigenvalue weighted by atomic mass is 9.82. The van der Waals surface area contributed by atoms with Crippen molar-refractivity contribution in [3.8, 4) is 0 Å². The van der Waals surface area contributed by atoms with Crippen molar-refractivity contribution in [2.45, 2.75) is 19.3 Å². The van der Waals surface area contributed by atoms with Gasteiger partial charge in [-0.05, 0) is 44.2 Å². The summed E-state index contributed by atoms with van der Waals surface area (Å²) in [5.74, 6) is -1.65. The molecule has 110 valence electrons. The largest absolute Gasteiger partial charge is 0.481 e. The quantitative estimate of drug-likeness (QED) is 0.727. The van der Waals surface area contributed by atoms with Gasteiger partial charge in [-0.15, -0.1) is 0 Å². The zero-order chi connectivity index (χ0) is 14.1. The third kappa shape index (κ3) is 2.46. The number of rotatable bonds is 5. The predicted molar refractivity (Wildman–Crippen MR) is 74.0 cm³/mol. The van der Waals surface area contributed by atoms with Crippen LogP contribution >= 0.6 is 0 Å². The number of hydrogen-bond donors (Lipinski definition) is 2. The van der Waals surface area contributed by atoms with E-state index in [1.807, 2.05) is 12.2 Å². The summed E-state index contributed by atoms with van der Waals surface area (Å²) in [5, 5.41) is 12.3. The zero-order valence-electron chi connectivity index (χ0n) is 11.6. The molecule has 2 aliphatic carbocycles. The third-order valence-corrected chi connectivity index (χ3v) is 4.97. The molecule has 2 fully saturated rings. The van der Waals surface area contributed by atoms with Crippen molar-refractivity contribution in [3.05, 3.63) is 12.2 Å². The highest BCUT2D eigenvalue weighted by Crippen LogP contribution is 2.48. The van der Waals surface area contributed by atoms with Gasteiger partial charge in [-0.3, -0.25) is 9.59 Å². The summed E-state index contributed by atoms with van der Waals surface area (Å²) in [4.78, 5) is 26.0. The van der Waals surface area contributed by atoms with Crippen LogP contribution in [0, 0.1) is 23.7 Å². The van der Waals surface area contributed by atoms with Gasteiger partial charge < -0.3 is 15.3 Å². The van der Waals surface area contributed by atoms with Crippen molar-refractivity contribution in [1.29, 1.82) is 0 Å². The fraction of sp³-hybridized carbons (Fsp3) is 0.733. The molecule has 1 saturated heterocycles. The van der Waals surface area contributed by atoms with Crippen LogP contribution in [0.15, 0.2) is 12.2 Å². The summed E-state index contributed by atoms with van der Waals surface area (Å²) >= 11 is 0. The van der Waals surface area contributed by atoms with Crippen LogP contribution < -0.4 is 5.32 Å². The first-order valence-corrected chi connectivity index (χ1v) is 7.58. The Morgan fingerprint density at radius 3 is 2.45 bits per heavy atom. The highest BCUT2D eigenvalue weighted by Gasteiger charge is 2.51. The Kier molecular flexibility index (Phi) is 3.78. The first-order chi connectivity index (χ1) is 9.66. The molecule has 20 heavy (non-hydrogen) atoms. The average molecular weight is 278 g/mol. The van der Waals surface area contributed by atoms with Gasteiger partial charge in [-0.25, -0.2) is 0 Å². The van der Waals surface area contributed by atoms with E-state index < -0.39 is 11.9 Å². The van der Waals surface area contributed by atoms with Crippen LogP contribution in [0.25, 0.3) is 0 Å². The minimum absolute atomic E-state index is 0.0480. The number of carbonyl (C=O) groups is 2. The summed E-state index contributed by atoms with van der Waals surface area (Å²) in [6.07, 6.45) is 7.30. The Labute approximate surface area is 119 Å². The van der Waals surface area contributed by atoms with Crippen LogP contribution in [-0.2, 0) is 9.59 Å². The van der Waals surface area contributed by atoms with Gasteiger partial charge in [0.25, 0.3) is 0 Å². The van der Waals surface area contributed by atoms with Crippen molar-refractivity contribution in [2.24, 2.45) is 23.7 Å². The van der Waals surface area contributed by atoms with Gasteiger partial charge >= 0.3 is 5.97 Å². The van der Waals surface area contributed by atoms with E-state index in [9.17, 15) is 14.7 Å². The molecule has 2 N–H and O–H groups in total. The standard InChI is InChI=1S/C15H22N2O3/c18-14(16-5-8-17-6-1-2-7-17)12-10-3-4-11(9-10)13(12)15(19)20/h3-4,10-13H,1-2,5-9H2,(H,16,18)(H,19,20). The van der Waals surface area contributed by atoms with Crippen molar-refractivity contribution in [2.75, 3.05) is 26.2 Å². The number of fused-ring (bicyclic) bond motifs is 2. The molecule has 2 bridgehead atoms. The number of carboxylic acids is 1. The van der Waals surface area contributed by atoms with Gasteiger partial charge in [-0.2, -0.15) is 0 Å². The molecule has 3 rings (SSSR count). The second kappa shape index (κ2) is 5.56. The molecular weight excluding hydrogens is 256 g/mol. The molecule has 0 aromatic rings. The second-order valence-corrected chi connectivity index (χ2v) is 6.18. The molecule has 4 atom stereocenters. The molecular formula is C15H22N2O3. The topological polar surface area (TPSA) is 69.6 Å². The smallest absolute Gasteiger partial charge is 0.307 e. The van der Waals surface area contributed by atoms with Crippen LogP contribution in [-0.4, -0.2) is 48.1 Å². The van der Waals surface area contributed by atoms with Crippen LogP contribution in [0.1, 0.15) is 19.3 Å². The Hall–Kier alpha value is -1.36. The maximum absolute atomic E-state index is 12.3. The second-order valence-electron chi connectivity index (χ2n) is 6.18. The molecule has 5 nitrogen and oxygen atoms in total. The molecule has 3 aliphatic rings. The monoisotopic (exact) mass is 278 g/mol. The number of allylic oxidation sites excluding steroid dienone is 2. The van der Waals surface area contributed by atoms with E-state index in [2.05, 4.69) is 10.2 Å². The van der Waals surface area contributed by atoms with Crippen LogP contribution in [0.4, 0.5) is 0 Å². The van der Waals surface area contributed by atoms with E-state index in [0.717, 1.165) is 26.1 Å². The van der Waals surface area contributed by atoms with Gasteiger partial charge in [0.1, 0.15) is 0 Å². The molecule has 1 aliphatic heterocycles. The number of aliphatic carboxylic acids is 1. The van der Waals surface area contributed by atoms with Crippen molar-refractivity contribution in [1.82, 2.24) is 10.2 Å². The van der Waals surface area contributed by atoms with Gasteiger partial charge in [0.05, 0.1) is 11.8 Å². The van der Waals surface area contributed by atoms with E-state index in [0.29, 0.717) is 6.54 Å². The summed E-state index contributed by atoms with van der Waals surface area (Å²) in [6.45, 7) is 3.73. The van der Waals surface area contributed by atoms with Crippen molar-refractivity contribution in [3.63, 3.8) is 0 Å². The maximum atomic E-state index is 12.3. The SMILES string of the molecule is O=C(O)C1C2C=CC(C2)C1C(=O)NCCN1CCCC1. The Bertz CT molecular complexity index is 429. The normalized spacial score (nSPS) is 35.6. The molecule has 1 amide bonds. The minimum Gasteiger partial charge on any atom is -0.481 e. The molecule has 1 saturated carbocycles. The Morgan fingerprint density at radius 2 is 1.80 bits per heavy atom. The van der Waals surface area contributed by atoms with E-state index >= 15 is 0 Å². The lowest BCUT2D eigenvalue weighted by molar-refractivity contribution is -0.147. The molecule has 5 heteroatoms. The first-order valence-electron chi connectivity index (χ1n) is 7.58. The van der Waals surface area contributed by atoms with E-state index in [1.54, 1.807) is 0 Å². The molecule has 0 spiro atoms. The van der Waals surface area contributed by atoms with E-state index in [-0.39, 0.29) is 23.7 Å². The summed E-state index contributed by atoms with van der Waals surface area (Å²) < 4.78 is 0. The molecule has 4 unspecified atom stereocenters. The third-order valence-electron chi connectivity index (χ3n) is 4.97. The van der Waals surface area contributed by atoms with Gasteiger partial charge in [-0.1, -0.05) is 12.2 Å². The number of carboxylic acid groups (broad SMARTS) is 1.